The van der Waals surface area contributed by atoms with Crippen LogP contribution >= 0.6 is 0 Å². The molecule has 1 amide bonds. The molecule has 0 saturated heterocycles. The fourth-order valence-corrected chi connectivity index (χ4v) is 3.11. The Morgan fingerprint density at radius 1 is 1.23 bits per heavy atom. The molecule has 0 radical (unpaired) electrons. The topological polar surface area (TPSA) is 29.5 Å². The number of benzene rings is 2. The molecule has 3 nitrogen and oxygen atoms in total. The summed E-state index contributed by atoms with van der Waals surface area (Å²) in [5.41, 5.74) is 4.44. The van der Waals surface area contributed by atoms with Crippen molar-refractivity contribution in [2.45, 2.75) is 26.2 Å². The molecule has 2 aromatic rings. The number of ether oxygens (including phenoxy) is 1. The predicted molar refractivity (Wildman–Crippen MR) is 88.6 cm³/mol. The lowest BCUT2D eigenvalue weighted by atomic mass is 10.0. The number of aryl methyl sites for hydroxylation is 2. The van der Waals surface area contributed by atoms with E-state index in [0.29, 0.717) is 6.42 Å². The van der Waals surface area contributed by atoms with Crippen LogP contribution in [-0.2, 0) is 17.6 Å². The van der Waals surface area contributed by atoms with Crippen LogP contribution in [0.25, 0.3) is 0 Å². The molecule has 0 N–H and O–H groups in total. The summed E-state index contributed by atoms with van der Waals surface area (Å²) >= 11 is 0. The summed E-state index contributed by atoms with van der Waals surface area (Å²) in [7, 11) is 1.66. The average molecular weight is 295 g/mol. The Morgan fingerprint density at radius 3 is 2.82 bits per heavy atom. The van der Waals surface area contributed by atoms with E-state index in [9.17, 15) is 4.79 Å². The number of hydrogen-bond acceptors (Lipinski definition) is 2. The van der Waals surface area contributed by atoms with Gasteiger partial charge in [-0.3, -0.25) is 4.79 Å². The lowest BCUT2D eigenvalue weighted by Crippen LogP contribution is -2.36. The van der Waals surface area contributed by atoms with Crippen LogP contribution in [0.5, 0.6) is 5.75 Å². The van der Waals surface area contributed by atoms with Gasteiger partial charge in [0.25, 0.3) is 0 Å². The van der Waals surface area contributed by atoms with E-state index < -0.39 is 0 Å². The molecule has 0 atom stereocenters. The Balaban J connectivity index is 1.79. The number of carbonyl (C=O) groups excluding carboxylic acids is 1. The van der Waals surface area contributed by atoms with Crippen molar-refractivity contribution in [2.24, 2.45) is 0 Å². The Hall–Kier alpha value is -2.29. The zero-order valence-electron chi connectivity index (χ0n) is 13.1. The molecule has 0 aromatic heterocycles. The van der Waals surface area contributed by atoms with Crippen LogP contribution in [0.3, 0.4) is 0 Å². The molecule has 2 aromatic carbocycles. The molecule has 0 unspecified atom stereocenters. The summed E-state index contributed by atoms with van der Waals surface area (Å²) in [6, 6.07) is 14.1. The van der Waals surface area contributed by atoms with Gasteiger partial charge in [-0.05, 0) is 48.6 Å². The van der Waals surface area contributed by atoms with Crippen LogP contribution in [0.2, 0.25) is 0 Å². The largest absolute Gasteiger partial charge is 0.496 e. The molecule has 1 heterocycles. The third-order valence-corrected chi connectivity index (χ3v) is 4.23. The number of para-hydroxylation sites is 1. The van der Waals surface area contributed by atoms with Crippen molar-refractivity contribution < 1.29 is 9.53 Å². The fraction of sp³-hybridized carbons (Fsp3) is 0.316. The van der Waals surface area contributed by atoms with Crippen LogP contribution in [0.1, 0.15) is 23.1 Å². The third-order valence-electron chi connectivity index (χ3n) is 4.23. The Labute approximate surface area is 131 Å². The standard InChI is InChI=1S/C19H21NO2/c1-14-12-15(9-10-18(14)22-2)13-19(21)20-11-5-7-16-6-3-4-8-17(16)20/h3-4,6,8-10,12H,5,7,11,13H2,1-2H3. The SMILES string of the molecule is COc1ccc(CC(=O)N2CCCc3ccccc32)cc1C. The molecule has 0 aliphatic carbocycles. The molecule has 3 heteroatoms. The molecule has 0 saturated carbocycles. The van der Waals surface area contributed by atoms with Gasteiger partial charge in [0.1, 0.15) is 5.75 Å². The van der Waals surface area contributed by atoms with E-state index >= 15 is 0 Å². The number of hydrogen-bond donors (Lipinski definition) is 0. The zero-order chi connectivity index (χ0) is 15.5. The fourth-order valence-electron chi connectivity index (χ4n) is 3.11. The molecule has 114 valence electrons. The van der Waals surface area contributed by atoms with Crippen molar-refractivity contribution in [3.05, 3.63) is 59.2 Å². The molecule has 0 fully saturated rings. The minimum absolute atomic E-state index is 0.164. The monoisotopic (exact) mass is 295 g/mol. The van der Waals surface area contributed by atoms with Crippen LogP contribution < -0.4 is 9.64 Å². The summed E-state index contributed by atoms with van der Waals surface area (Å²) in [5, 5.41) is 0. The van der Waals surface area contributed by atoms with E-state index in [1.165, 1.54) is 5.56 Å². The normalized spacial score (nSPS) is 13.6. The van der Waals surface area contributed by atoms with Crippen LogP contribution in [0.15, 0.2) is 42.5 Å². The maximum absolute atomic E-state index is 12.7. The van der Waals surface area contributed by atoms with Crippen molar-refractivity contribution in [3.63, 3.8) is 0 Å². The van der Waals surface area contributed by atoms with Crippen molar-refractivity contribution in [1.82, 2.24) is 0 Å². The van der Waals surface area contributed by atoms with Crippen molar-refractivity contribution >= 4 is 11.6 Å². The summed E-state index contributed by atoms with van der Waals surface area (Å²) in [6.07, 6.45) is 2.52. The Kier molecular flexibility index (Phi) is 4.14. The second-order valence-corrected chi connectivity index (χ2v) is 5.76. The summed E-state index contributed by atoms with van der Waals surface area (Å²) in [4.78, 5) is 14.6. The van der Waals surface area contributed by atoms with Gasteiger partial charge in [0, 0.05) is 12.2 Å². The number of rotatable bonds is 3. The quantitative estimate of drug-likeness (QED) is 0.867. The molecule has 0 spiro atoms. The highest BCUT2D eigenvalue weighted by molar-refractivity contribution is 5.95. The van der Waals surface area contributed by atoms with Crippen molar-refractivity contribution in [1.29, 1.82) is 0 Å². The van der Waals surface area contributed by atoms with Gasteiger partial charge in [-0.1, -0.05) is 30.3 Å². The number of anilines is 1. The van der Waals surface area contributed by atoms with Crippen molar-refractivity contribution in [2.75, 3.05) is 18.6 Å². The highest BCUT2D eigenvalue weighted by Crippen LogP contribution is 2.27. The van der Waals surface area contributed by atoms with Gasteiger partial charge in [0.15, 0.2) is 0 Å². The number of methoxy groups -OCH3 is 1. The number of carbonyl (C=O) groups is 1. The summed E-state index contributed by atoms with van der Waals surface area (Å²) < 4.78 is 5.27. The van der Waals surface area contributed by atoms with Gasteiger partial charge < -0.3 is 9.64 Å². The molecule has 0 bridgehead atoms. The van der Waals surface area contributed by atoms with E-state index in [1.807, 2.05) is 48.2 Å². The van der Waals surface area contributed by atoms with Crippen LogP contribution in [-0.4, -0.2) is 19.6 Å². The Bertz CT molecular complexity index is 694. The first-order valence-electron chi connectivity index (χ1n) is 7.71. The van der Waals surface area contributed by atoms with Gasteiger partial charge in [-0.25, -0.2) is 0 Å². The Morgan fingerprint density at radius 2 is 2.05 bits per heavy atom. The number of amides is 1. The first-order valence-corrected chi connectivity index (χ1v) is 7.71. The predicted octanol–water partition coefficient (Wildman–Crippen LogP) is 3.53. The molecular weight excluding hydrogens is 274 g/mol. The molecule has 1 aliphatic rings. The highest BCUT2D eigenvalue weighted by atomic mass is 16.5. The molecular formula is C19H21NO2. The second kappa shape index (κ2) is 6.22. The maximum Gasteiger partial charge on any atom is 0.231 e. The lowest BCUT2D eigenvalue weighted by molar-refractivity contribution is -0.118. The molecule has 1 aliphatic heterocycles. The molecule has 3 rings (SSSR count). The zero-order valence-corrected chi connectivity index (χ0v) is 13.1. The smallest absolute Gasteiger partial charge is 0.231 e. The minimum Gasteiger partial charge on any atom is -0.496 e. The third kappa shape index (κ3) is 2.84. The van der Waals surface area contributed by atoms with Crippen molar-refractivity contribution in [3.8, 4) is 5.75 Å². The van der Waals surface area contributed by atoms with E-state index in [4.69, 9.17) is 4.74 Å². The summed E-state index contributed by atoms with van der Waals surface area (Å²) in [5.74, 6) is 1.02. The van der Waals surface area contributed by atoms with E-state index in [2.05, 4.69) is 6.07 Å². The van der Waals surface area contributed by atoms with Gasteiger partial charge in [-0.2, -0.15) is 0 Å². The first-order chi connectivity index (χ1) is 10.7. The van der Waals surface area contributed by atoms with Gasteiger partial charge >= 0.3 is 0 Å². The van der Waals surface area contributed by atoms with Gasteiger partial charge in [0.05, 0.1) is 13.5 Å². The summed E-state index contributed by atoms with van der Waals surface area (Å²) in [6.45, 7) is 2.81. The van der Waals surface area contributed by atoms with E-state index in [0.717, 1.165) is 42.0 Å². The number of fused-ring (bicyclic) bond motifs is 1. The lowest BCUT2D eigenvalue weighted by Gasteiger charge is -2.29. The first kappa shape index (κ1) is 14.6. The van der Waals surface area contributed by atoms with E-state index in [1.54, 1.807) is 7.11 Å². The number of nitrogens with zero attached hydrogens (tertiary/aromatic N) is 1. The average Bonchev–Trinajstić information content (AvgIpc) is 2.54. The van der Waals surface area contributed by atoms with Gasteiger partial charge in [0.2, 0.25) is 5.91 Å². The minimum atomic E-state index is 0.164. The van der Waals surface area contributed by atoms with E-state index in [-0.39, 0.29) is 5.91 Å². The second-order valence-electron chi connectivity index (χ2n) is 5.76. The van der Waals surface area contributed by atoms with Crippen LogP contribution in [0, 0.1) is 6.92 Å². The highest BCUT2D eigenvalue weighted by Gasteiger charge is 2.22. The van der Waals surface area contributed by atoms with Crippen LogP contribution in [0.4, 0.5) is 5.69 Å². The molecule has 22 heavy (non-hydrogen) atoms. The maximum atomic E-state index is 12.7. The van der Waals surface area contributed by atoms with Gasteiger partial charge in [-0.15, -0.1) is 0 Å².